The largest absolute Gasteiger partial charge is 0.493 e. The number of aryl methyl sites for hydroxylation is 1. The number of aliphatic carboxylic acids is 1. The lowest BCUT2D eigenvalue weighted by Gasteiger charge is -2.19. The summed E-state index contributed by atoms with van der Waals surface area (Å²) in [6, 6.07) is 6.19. The molecule has 0 saturated heterocycles. The van der Waals surface area contributed by atoms with Crippen LogP contribution in [0.2, 0.25) is 0 Å². The summed E-state index contributed by atoms with van der Waals surface area (Å²) in [5.41, 5.74) is 1.55. The van der Waals surface area contributed by atoms with Gasteiger partial charge in [-0.2, -0.15) is 0 Å². The Bertz CT molecular complexity index is 710. The third-order valence-electron chi connectivity index (χ3n) is 3.74. The van der Waals surface area contributed by atoms with E-state index in [2.05, 4.69) is 5.32 Å². The molecule has 25 heavy (non-hydrogen) atoms. The maximum Gasteiger partial charge on any atom is 0.305 e. The van der Waals surface area contributed by atoms with Crippen LogP contribution in [0.5, 0.6) is 11.5 Å². The van der Waals surface area contributed by atoms with Crippen molar-refractivity contribution in [3.63, 3.8) is 0 Å². The molecule has 0 aliphatic carbocycles. The van der Waals surface area contributed by atoms with Gasteiger partial charge in [0.15, 0.2) is 11.5 Å². The molecule has 134 valence electrons. The molecule has 0 aliphatic rings. The van der Waals surface area contributed by atoms with E-state index >= 15 is 0 Å². The summed E-state index contributed by atoms with van der Waals surface area (Å²) >= 11 is 0. The third-order valence-corrected chi connectivity index (χ3v) is 3.74. The number of carboxylic acid groups (broad SMARTS) is 1. The van der Waals surface area contributed by atoms with Crippen LogP contribution in [0.15, 0.2) is 41.2 Å². The van der Waals surface area contributed by atoms with Gasteiger partial charge in [-0.1, -0.05) is 6.07 Å². The standard InChI is InChI=1S/C18H21NO6/c1-23-15-5-4-13(9-16(15)24-2)14(10-18(21)22)19-17(20)6-3-12-7-8-25-11-12/h4-5,7-9,11,14H,3,6,10H2,1-2H3,(H,19,20)(H,21,22). The van der Waals surface area contributed by atoms with Crippen molar-refractivity contribution in [1.82, 2.24) is 5.32 Å². The van der Waals surface area contributed by atoms with E-state index in [1.807, 2.05) is 0 Å². The molecule has 0 bridgehead atoms. The lowest BCUT2D eigenvalue weighted by molar-refractivity contribution is -0.137. The van der Waals surface area contributed by atoms with E-state index in [1.165, 1.54) is 14.2 Å². The summed E-state index contributed by atoms with van der Waals surface area (Å²) in [6.07, 6.45) is 3.66. The van der Waals surface area contributed by atoms with Gasteiger partial charge < -0.3 is 24.3 Å². The lowest BCUT2D eigenvalue weighted by atomic mass is 10.0. The average Bonchev–Trinajstić information content (AvgIpc) is 3.12. The van der Waals surface area contributed by atoms with E-state index < -0.39 is 12.0 Å². The predicted octanol–water partition coefficient (Wildman–Crippen LogP) is 2.56. The number of hydrogen-bond donors (Lipinski definition) is 2. The van der Waals surface area contributed by atoms with Gasteiger partial charge in [0.1, 0.15) is 0 Å². The van der Waals surface area contributed by atoms with Gasteiger partial charge in [-0.25, -0.2) is 0 Å². The van der Waals surface area contributed by atoms with Gasteiger partial charge in [-0.15, -0.1) is 0 Å². The first-order valence-corrected chi connectivity index (χ1v) is 7.77. The molecule has 2 aromatic rings. The van der Waals surface area contributed by atoms with Crippen LogP contribution in [-0.2, 0) is 16.0 Å². The number of nitrogens with one attached hydrogen (secondary N) is 1. The molecular formula is C18H21NO6. The van der Waals surface area contributed by atoms with Crippen LogP contribution in [0.25, 0.3) is 0 Å². The van der Waals surface area contributed by atoms with Crippen LogP contribution in [0.3, 0.4) is 0 Å². The Balaban J connectivity index is 2.09. The molecule has 7 heteroatoms. The average molecular weight is 347 g/mol. The van der Waals surface area contributed by atoms with Crippen LogP contribution < -0.4 is 14.8 Å². The van der Waals surface area contributed by atoms with Crippen LogP contribution >= 0.6 is 0 Å². The molecule has 0 saturated carbocycles. The highest BCUT2D eigenvalue weighted by molar-refractivity contribution is 5.78. The summed E-state index contributed by atoms with van der Waals surface area (Å²) in [4.78, 5) is 23.4. The predicted molar refractivity (Wildman–Crippen MR) is 89.7 cm³/mol. The summed E-state index contributed by atoms with van der Waals surface area (Å²) in [5.74, 6) is -0.230. The van der Waals surface area contributed by atoms with Gasteiger partial charge in [0, 0.05) is 6.42 Å². The van der Waals surface area contributed by atoms with Crippen LogP contribution in [-0.4, -0.2) is 31.2 Å². The molecule has 0 fully saturated rings. The summed E-state index contributed by atoms with van der Waals surface area (Å²) in [7, 11) is 3.02. The van der Waals surface area contributed by atoms with Crippen molar-refractivity contribution in [2.45, 2.75) is 25.3 Å². The maximum absolute atomic E-state index is 12.2. The second kappa shape index (κ2) is 8.77. The van der Waals surface area contributed by atoms with E-state index in [-0.39, 0.29) is 18.7 Å². The first kappa shape index (κ1) is 18.4. The van der Waals surface area contributed by atoms with Crippen LogP contribution in [0.4, 0.5) is 0 Å². The minimum Gasteiger partial charge on any atom is -0.493 e. The fourth-order valence-electron chi connectivity index (χ4n) is 2.46. The molecule has 0 radical (unpaired) electrons. The number of hydrogen-bond acceptors (Lipinski definition) is 5. The van der Waals surface area contributed by atoms with Crippen molar-refractivity contribution in [2.24, 2.45) is 0 Å². The van der Waals surface area contributed by atoms with Crippen LogP contribution in [0, 0.1) is 0 Å². The monoisotopic (exact) mass is 347 g/mol. The van der Waals surface area contributed by atoms with Gasteiger partial charge in [-0.05, 0) is 35.7 Å². The highest BCUT2D eigenvalue weighted by Crippen LogP contribution is 2.31. The minimum absolute atomic E-state index is 0.229. The van der Waals surface area contributed by atoms with Crippen LogP contribution in [0.1, 0.15) is 30.0 Å². The van der Waals surface area contributed by atoms with Gasteiger partial charge in [0.2, 0.25) is 5.91 Å². The first-order valence-electron chi connectivity index (χ1n) is 7.77. The third kappa shape index (κ3) is 5.27. The van der Waals surface area contributed by atoms with E-state index in [0.717, 1.165) is 5.56 Å². The number of benzene rings is 1. The summed E-state index contributed by atoms with van der Waals surface area (Å²) in [5, 5.41) is 11.9. The Morgan fingerprint density at radius 2 is 1.96 bits per heavy atom. The van der Waals surface area contributed by atoms with E-state index in [9.17, 15) is 9.59 Å². The number of carbonyl (C=O) groups excluding carboxylic acids is 1. The van der Waals surface area contributed by atoms with E-state index in [4.69, 9.17) is 19.0 Å². The SMILES string of the molecule is COc1ccc(C(CC(=O)O)NC(=O)CCc2ccoc2)cc1OC. The molecular weight excluding hydrogens is 326 g/mol. The molecule has 7 nitrogen and oxygen atoms in total. The van der Waals surface area contributed by atoms with Crippen molar-refractivity contribution >= 4 is 11.9 Å². The zero-order valence-electron chi connectivity index (χ0n) is 14.2. The zero-order chi connectivity index (χ0) is 18.2. The Labute approximate surface area is 145 Å². The van der Waals surface area contributed by atoms with E-state index in [0.29, 0.717) is 23.5 Å². The number of carboxylic acids is 1. The van der Waals surface area contributed by atoms with Gasteiger partial charge >= 0.3 is 5.97 Å². The highest BCUT2D eigenvalue weighted by Gasteiger charge is 2.20. The van der Waals surface area contributed by atoms with Gasteiger partial charge in [-0.3, -0.25) is 9.59 Å². The second-order valence-electron chi connectivity index (χ2n) is 5.46. The molecule has 1 atom stereocenters. The minimum atomic E-state index is -1.00. The Morgan fingerprint density at radius 1 is 1.20 bits per heavy atom. The fraction of sp³-hybridized carbons (Fsp3) is 0.333. The Hall–Kier alpha value is -2.96. The molecule has 2 rings (SSSR count). The second-order valence-corrected chi connectivity index (χ2v) is 5.46. The first-order chi connectivity index (χ1) is 12.0. The fourth-order valence-corrected chi connectivity index (χ4v) is 2.46. The number of ether oxygens (including phenoxy) is 2. The molecule has 1 aromatic carbocycles. The summed E-state index contributed by atoms with van der Waals surface area (Å²) < 4.78 is 15.4. The molecule has 0 spiro atoms. The van der Waals surface area contributed by atoms with E-state index in [1.54, 1.807) is 36.8 Å². The molecule has 2 N–H and O–H groups in total. The number of carbonyl (C=O) groups is 2. The van der Waals surface area contributed by atoms with Crippen molar-refractivity contribution in [3.05, 3.63) is 47.9 Å². The maximum atomic E-state index is 12.2. The summed E-state index contributed by atoms with van der Waals surface area (Å²) in [6.45, 7) is 0. The van der Waals surface area contributed by atoms with Gasteiger partial charge in [0.25, 0.3) is 0 Å². The smallest absolute Gasteiger partial charge is 0.305 e. The number of methoxy groups -OCH3 is 2. The molecule has 1 heterocycles. The topological polar surface area (TPSA) is 98.0 Å². The number of furan rings is 1. The van der Waals surface area contributed by atoms with Gasteiger partial charge in [0.05, 0.1) is 39.2 Å². The number of amides is 1. The molecule has 1 aromatic heterocycles. The molecule has 1 unspecified atom stereocenters. The molecule has 0 aliphatic heterocycles. The molecule has 1 amide bonds. The quantitative estimate of drug-likeness (QED) is 0.723. The number of rotatable bonds is 9. The lowest BCUT2D eigenvalue weighted by Crippen LogP contribution is -2.30. The van der Waals surface area contributed by atoms with Crippen molar-refractivity contribution < 1.29 is 28.6 Å². The van der Waals surface area contributed by atoms with Crippen molar-refractivity contribution in [1.29, 1.82) is 0 Å². The Kier molecular flexibility index (Phi) is 6.45. The highest BCUT2D eigenvalue weighted by atomic mass is 16.5. The van der Waals surface area contributed by atoms with Crippen molar-refractivity contribution in [3.8, 4) is 11.5 Å². The Morgan fingerprint density at radius 3 is 2.56 bits per heavy atom. The van der Waals surface area contributed by atoms with Crippen molar-refractivity contribution in [2.75, 3.05) is 14.2 Å². The zero-order valence-corrected chi connectivity index (χ0v) is 14.2. The normalized spacial score (nSPS) is 11.6.